The fraction of sp³-hybridized carbons (Fsp3) is 0.263. The Kier molecular flexibility index (Phi) is 5.06. The summed E-state index contributed by atoms with van der Waals surface area (Å²) in [6, 6.07) is 5.90. The summed E-state index contributed by atoms with van der Waals surface area (Å²) in [4.78, 5) is 27.2. The van der Waals surface area contributed by atoms with Gasteiger partial charge in [-0.25, -0.2) is 14.4 Å². The molecule has 3 heterocycles. The van der Waals surface area contributed by atoms with Gasteiger partial charge in [0.15, 0.2) is 0 Å². The minimum Gasteiger partial charge on any atom is -0.437 e. The predicted molar refractivity (Wildman–Crippen MR) is 98.5 cm³/mol. The van der Waals surface area contributed by atoms with E-state index in [1.54, 1.807) is 40.3 Å². The lowest BCUT2D eigenvalue weighted by molar-refractivity contribution is 0.0699. The lowest BCUT2D eigenvalue weighted by atomic mass is 9.94. The first-order valence-corrected chi connectivity index (χ1v) is 9.57. The van der Waals surface area contributed by atoms with Crippen LogP contribution in [0, 0.1) is 5.82 Å². The van der Waals surface area contributed by atoms with E-state index in [0.717, 1.165) is 12.8 Å². The molecule has 1 aromatic carbocycles. The van der Waals surface area contributed by atoms with Gasteiger partial charge in [-0.05, 0) is 25.0 Å². The maximum Gasteiger partial charge on any atom is 0.273 e. The molecule has 0 aliphatic carbocycles. The third-order valence-corrected chi connectivity index (χ3v) is 5.04. The fourth-order valence-corrected chi connectivity index (χ4v) is 3.73. The normalized spacial score (nSPS) is 16.9. The third kappa shape index (κ3) is 3.95. The smallest absolute Gasteiger partial charge is 0.273 e. The monoisotopic (exact) mass is 384 g/mol. The maximum absolute atomic E-state index is 13.4. The Morgan fingerprint density at radius 3 is 2.96 bits per heavy atom. The van der Waals surface area contributed by atoms with Gasteiger partial charge in [0.2, 0.25) is 5.88 Å². The highest BCUT2D eigenvalue weighted by Crippen LogP contribution is 2.33. The Labute approximate surface area is 159 Å². The number of carbonyl (C=O) groups is 1. The van der Waals surface area contributed by atoms with Crippen molar-refractivity contribution in [1.82, 2.24) is 19.9 Å². The second-order valence-corrected chi connectivity index (χ2v) is 6.99. The van der Waals surface area contributed by atoms with E-state index >= 15 is 0 Å². The summed E-state index contributed by atoms with van der Waals surface area (Å²) in [6.07, 6.45) is 4.88. The summed E-state index contributed by atoms with van der Waals surface area (Å²) in [5, 5.41) is 1.76. The Hall–Kier alpha value is -2.87. The average Bonchev–Trinajstić information content (AvgIpc) is 3.23. The standard InChI is InChI=1S/C19H17FN4O2S/c20-14-4-1-5-15(9-14)26-18-17(21-6-7-22-18)13-3-2-8-24(10-13)19(25)16-11-27-12-23-16/h1,4-7,9,11-13H,2-3,8,10H2/t13-/m1/s1. The van der Waals surface area contributed by atoms with Gasteiger partial charge in [-0.15, -0.1) is 11.3 Å². The average molecular weight is 384 g/mol. The minimum absolute atomic E-state index is 0.00130. The van der Waals surface area contributed by atoms with Crippen molar-refractivity contribution >= 4 is 17.2 Å². The van der Waals surface area contributed by atoms with Crippen LogP contribution in [0.25, 0.3) is 0 Å². The first kappa shape index (κ1) is 17.5. The maximum atomic E-state index is 13.4. The first-order chi connectivity index (χ1) is 13.2. The molecule has 1 fully saturated rings. The number of rotatable bonds is 4. The van der Waals surface area contributed by atoms with E-state index < -0.39 is 0 Å². The van der Waals surface area contributed by atoms with Gasteiger partial charge in [-0.3, -0.25) is 9.78 Å². The van der Waals surface area contributed by atoms with Gasteiger partial charge in [0.1, 0.15) is 23.0 Å². The highest BCUT2D eigenvalue weighted by molar-refractivity contribution is 7.07. The van der Waals surface area contributed by atoms with Crippen molar-refractivity contribution in [2.45, 2.75) is 18.8 Å². The van der Waals surface area contributed by atoms with Crippen LogP contribution in [0.2, 0.25) is 0 Å². The van der Waals surface area contributed by atoms with E-state index in [4.69, 9.17) is 4.74 Å². The summed E-state index contributed by atoms with van der Waals surface area (Å²) in [5.41, 5.74) is 2.80. The first-order valence-electron chi connectivity index (χ1n) is 8.62. The van der Waals surface area contributed by atoms with Crippen molar-refractivity contribution in [3.63, 3.8) is 0 Å². The van der Waals surface area contributed by atoms with Crippen LogP contribution in [0.3, 0.4) is 0 Å². The zero-order valence-corrected chi connectivity index (χ0v) is 15.2. The summed E-state index contributed by atoms with van der Waals surface area (Å²) in [7, 11) is 0. The lowest BCUT2D eigenvalue weighted by Gasteiger charge is -2.32. The highest BCUT2D eigenvalue weighted by atomic mass is 32.1. The molecule has 0 radical (unpaired) electrons. The number of nitrogens with zero attached hydrogens (tertiary/aromatic N) is 4. The molecule has 1 aliphatic rings. The van der Waals surface area contributed by atoms with Gasteiger partial charge in [0.05, 0.1) is 5.51 Å². The SMILES string of the molecule is O=C(c1cscn1)N1CCC[C@@H](c2nccnc2Oc2cccc(F)c2)C1. The zero-order valence-electron chi connectivity index (χ0n) is 14.4. The van der Waals surface area contributed by atoms with Crippen molar-refractivity contribution in [3.8, 4) is 11.6 Å². The summed E-state index contributed by atoms with van der Waals surface area (Å²) >= 11 is 1.40. The number of benzene rings is 1. The molecule has 4 rings (SSSR count). The third-order valence-electron chi connectivity index (χ3n) is 4.45. The number of thiazole rings is 1. The van der Waals surface area contributed by atoms with E-state index in [0.29, 0.717) is 36.1 Å². The molecular weight excluding hydrogens is 367 g/mol. The van der Waals surface area contributed by atoms with Gasteiger partial charge in [0, 0.05) is 42.8 Å². The van der Waals surface area contributed by atoms with Crippen LogP contribution >= 0.6 is 11.3 Å². The number of hydrogen-bond donors (Lipinski definition) is 0. The molecule has 1 saturated heterocycles. The lowest BCUT2D eigenvalue weighted by Crippen LogP contribution is -2.39. The number of aromatic nitrogens is 3. The molecule has 1 amide bonds. The van der Waals surface area contributed by atoms with Crippen LogP contribution in [0.1, 0.15) is 34.9 Å². The topological polar surface area (TPSA) is 68.2 Å². The molecule has 0 saturated carbocycles. The van der Waals surface area contributed by atoms with Gasteiger partial charge in [-0.1, -0.05) is 6.07 Å². The van der Waals surface area contributed by atoms with E-state index in [1.807, 2.05) is 0 Å². The number of carbonyl (C=O) groups excluding carboxylic acids is 1. The molecule has 0 spiro atoms. The molecule has 2 aromatic heterocycles. The summed E-state index contributed by atoms with van der Waals surface area (Å²) < 4.78 is 19.2. The molecule has 1 atom stereocenters. The minimum atomic E-state index is -0.379. The van der Waals surface area contributed by atoms with Crippen LogP contribution in [-0.4, -0.2) is 38.8 Å². The zero-order chi connectivity index (χ0) is 18.6. The van der Waals surface area contributed by atoms with Gasteiger partial charge in [-0.2, -0.15) is 0 Å². The number of hydrogen-bond acceptors (Lipinski definition) is 6. The number of amides is 1. The number of halogens is 1. The van der Waals surface area contributed by atoms with Crippen LogP contribution in [0.5, 0.6) is 11.6 Å². The van der Waals surface area contributed by atoms with E-state index in [-0.39, 0.29) is 17.6 Å². The van der Waals surface area contributed by atoms with Gasteiger partial charge < -0.3 is 9.64 Å². The second kappa shape index (κ2) is 7.79. The molecule has 6 nitrogen and oxygen atoms in total. The van der Waals surface area contributed by atoms with Crippen LogP contribution in [0.15, 0.2) is 47.5 Å². The van der Waals surface area contributed by atoms with Crippen molar-refractivity contribution in [2.24, 2.45) is 0 Å². The molecule has 0 N–H and O–H groups in total. The van der Waals surface area contributed by atoms with Gasteiger partial charge >= 0.3 is 0 Å². The van der Waals surface area contributed by atoms with Crippen LogP contribution < -0.4 is 4.74 Å². The highest BCUT2D eigenvalue weighted by Gasteiger charge is 2.29. The van der Waals surface area contributed by atoms with Crippen LogP contribution in [-0.2, 0) is 0 Å². The van der Waals surface area contributed by atoms with Crippen molar-refractivity contribution in [3.05, 3.63) is 64.8 Å². The molecule has 138 valence electrons. The fourth-order valence-electron chi connectivity index (χ4n) is 3.20. The number of piperidine rings is 1. The second-order valence-electron chi connectivity index (χ2n) is 6.27. The Morgan fingerprint density at radius 2 is 2.15 bits per heavy atom. The Bertz CT molecular complexity index is 935. The summed E-state index contributed by atoms with van der Waals surface area (Å²) in [6.45, 7) is 1.21. The molecule has 0 unspecified atom stereocenters. The quantitative estimate of drug-likeness (QED) is 0.683. The molecule has 0 bridgehead atoms. The molecule has 27 heavy (non-hydrogen) atoms. The summed E-state index contributed by atoms with van der Waals surface area (Å²) in [5.74, 6) is 0.255. The van der Waals surface area contributed by atoms with E-state index in [1.165, 1.54) is 23.5 Å². The Balaban J connectivity index is 1.55. The molecular formula is C19H17FN4O2S. The number of likely N-dealkylation sites (tertiary alicyclic amines) is 1. The van der Waals surface area contributed by atoms with Crippen molar-refractivity contribution < 1.29 is 13.9 Å². The van der Waals surface area contributed by atoms with Crippen molar-refractivity contribution in [2.75, 3.05) is 13.1 Å². The van der Waals surface area contributed by atoms with Gasteiger partial charge in [0.25, 0.3) is 5.91 Å². The molecule has 8 heteroatoms. The molecule has 3 aromatic rings. The van der Waals surface area contributed by atoms with Crippen molar-refractivity contribution in [1.29, 1.82) is 0 Å². The van der Waals surface area contributed by atoms with E-state index in [9.17, 15) is 9.18 Å². The number of ether oxygens (including phenoxy) is 1. The largest absolute Gasteiger partial charge is 0.437 e. The van der Waals surface area contributed by atoms with Crippen LogP contribution in [0.4, 0.5) is 4.39 Å². The predicted octanol–water partition coefficient (Wildman–Crippen LogP) is 3.88. The molecule has 1 aliphatic heterocycles. The van der Waals surface area contributed by atoms with E-state index in [2.05, 4.69) is 15.0 Å². The Morgan fingerprint density at radius 1 is 1.26 bits per heavy atom.